The Balaban J connectivity index is 3.33. The molecule has 0 unspecified atom stereocenters. The zero-order chi connectivity index (χ0) is 13.0. The topological polar surface area (TPSA) is 42.0 Å². The molecule has 0 amide bonds. The first-order chi connectivity index (χ1) is 7.99. The number of pyridine rings is 1. The average Bonchev–Trinajstić information content (AvgIpc) is 2.28. The Kier molecular flexibility index (Phi) is 4.82. The van der Waals surface area contributed by atoms with Crippen molar-refractivity contribution < 1.29 is 4.79 Å². The third-order valence-corrected chi connectivity index (χ3v) is 2.75. The van der Waals surface area contributed by atoms with Crippen molar-refractivity contribution in [3.8, 4) is 0 Å². The molecule has 0 saturated carbocycles. The smallest absolute Gasteiger partial charge is 0.167 e. The number of nitrogens with zero attached hydrogens (tertiary/aromatic N) is 1. The van der Waals surface area contributed by atoms with Crippen molar-refractivity contribution >= 4 is 5.78 Å². The molecule has 1 aromatic rings. The van der Waals surface area contributed by atoms with Gasteiger partial charge >= 0.3 is 0 Å². The summed E-state index contributed by atoms with van der Waals surface area (Å²) in [6.07, 6.45) is 1.79. The lowest BCUT2D eigenvalue weighted by Gasteiger charge is -2.16. The predicted octanol–water partition coefficient (Wildman–Crippen LogP) is 2.76. The molecule has 1 aromatic heterocycles. The molecule has 0 aliphatic rings. The Labute approximate surface area is 104 Å². The maximum atomic E-state index is 12.3. The molecule has 0 aliphatic carbocycles. The standard InChI is InChI=1S/C14H22N2O/c1-9(2)13-12(14(17)10(3)4)11(8-15-5)6-7-16-13/h6-7,9-10,15H,8H2,1-5H3. The lowest BCUT2D eigenvalue weighted by Crippen LogP contribution is -2.18. The van der Waals surface area contributed by atoms with Gasteiger partial charge in [0.1, 0.15) is 0 Å². The van der Waals surface area contributed by atoms with Crippen molar-refractivity contribution in [1.82, 2.24) is 10.3 Å². The van der Waals surface area contributed by atoms with E-state index in [0.29, 0.717) is 6.54 Å². The summed E-state index contributed by atoms with van der Waals surface area (Å²) >= 11 is 0. The summed E-state index contributed by atoms with van der Waals surface area (Å²) in [4.78, 5) is 16.7. The number of hydrogen-bond acceptors (Lipinski definition) is 3. The van der Waals surface area contributed by atoms with E-state index >= 15 is 0 Å². The number of carbonyl (C=O) groups excluding carboxylic acids is 1. The normalized spacial score (nSPS) is 11.2. The quantitative estimate of drug-likeness (QED) is 0.797. The van der Waals surface area contributed by atoms with Crippen LogP contribution >= 0.6 is 0 Å². The minimum absolute atomic E-state index is 0.00676. The van der Waals surface area contributed by atoms with E-state index in [2.05, 4.69) is 24.1 Å². The molecular weight excluding hydrogens is 212 g/mol. The maximum absolute atomic E-state index is 12.3. The SMILES string of the molecule is CNCc1ccnc(C(C)C)c1C(=O)C(C)C. The lowest BCUT2D eigenvalue weighted by molar-refractivity contribution is 0.0936. The second kappa shape index (κ2) is 5.92. The summed E-state index contributed by atoms with van der Waals surface area (Å²) in [5.74, 6) is 0.462. The molecule has 0 saturated heterocycles. The Morgan fingerprint density at radius 3 is 2.47 bits per heavy atom. The first kappa shape index (κ1) is 13.8. The van der Waals surface area contributed by atoms with Crippen LogP contribution in [-0.2, 0) is 6.54 Å². The second-order valence-corrected chi connectivity index (χ2v) is 4.93. The van der Waals surface area contributed by atoms with Crippen molar-refractivity contribution in [3.63, 3.8) is 0 Å². The van der Waals surface area contributed by atoms with E-state index in [1.807, 2.05) is 27.0 Å². The molecule has 0 aromatic carbocycles. The Morgan fingerprint density at radius 1 is 1.35 bits per heavy atom. The first-order valence-corrected chi connectivity index (χ1v) is 6.15. The van der Waals surface area contributed by atoms with Gasteiger partial charge in [0, 0.05) is 24.2 Å². The van der Waals surface area contributed by atoms with Crippen LogP contribution in [0.4, 0.5) is 0 Å². The van der Waals surface area contributed by atoms with Crippen LogP contribution < -0.4 is 5.32 Å². The van der Waals surface area contributed by atoms with Gasteiger partial charge < -0.3 is 5.32 Å². The van der Waals surface area contributed by atoms with Crippen LogP contribution in [0.3, 0.4) is 0 Å². The molecule has 3 nitrogen and oxygen atoms in total. The molecule has 0 atom stereocenters. The van der Waals surface area contributed by atoms with E-state index in [0.717, 1.165) is 16.8 Å². The van der Waals surface area contributed by atoms with E-state index in [1.165, 1.54) is 0 Å². The van der Waals surface area contributed by atoms with E-state index in [9.17, 15) is 4.79 Å². The minimum Gasteiger partial charge on any atom is -0.316 e. The summed E-state index contributed by atoms with van der Waals surface area (Å²) in [5.41, 5.74) is 2.77. The second-order valence-electron chi connectivity index (χ2n) is 4.93. The number of rotatable bonds is 5. The van der Waals surface area contributed by atoms with Gasteiger partial charge in [-0.3, -0.25) is 9.78 Å². The molecule has 0 fully saturated rings. The maximum Gasteiger partial charge on any atom is 0.167 e. The highest BCUT2D eigenvalue weighted by atomic mass is 16.1. The van der Waals surface area contributed by atoms with Crippen LogP contribution in [0.25, 0.3) is 0 Å². The highest BCUT2D eigenvalue weighted by Gasteiger charge is 2.21. The zero-order valence-electron chi connectivity index (χ0n) is 11.4. The van der Waals surface area contributed by atoms with Gasteiger partial charge in [0.05, 0.1) is 5.69 Å². The van der Waals surface area contributed by atoms with Crippen LogP contribution in [0.15, 0.2) is 12.3 Å². The molecule has 0 aliphatic heterocycles. The molecule has 1 rings (SSSR count). The van der Waals surface area contributed by atoms with Gasteiger partial charge in [-0.15, -0.1) is 0 Å². The number of Topliss-reactive ketones (excluding diaryl/α,β-unsaturated/α-hetero) is 1. The molecule has 1 heterocycles. The zero-order valence-corrected chi connectivity index (χ0v) is 11.4. The van der Waals surface area contributed by atoms with Crippen LogP contribution in [0.5, 0.6) is 0 Å². The minimum atomic E-state index is 0.00676. The van der Waals surface area contributed by atoms with Crippen LogP contribution in [0.2, 0.25) is 0 Å². The number of aromatic nitrogens is 1. The lowest BCUT2D eigenvalue weighted by atomic mass is 9.91. The third kappa shape index (κ3) is 3.13. The number of carbonyl (C=O) groups is 1. The highest BCUT2D eigenvalue weighted by molar-refractivity contribution is 5.99. The summed E-state index contributed by atoms with van der Waals surface area (Å²) in [6, 6.07) is 1.93. The summed E-state index contributed by atoms with van der Waals surface area (Å²) in [5, 5.41) is 3.10. The molecule has 94 valence electrons. The number of ketones is 1. The molecule has 17 heavy (non-hydrogen) atoms. The fourth-order valence-corrected chi connectivity index (χ4v) is 1.87. The van der Waals surface area contributed by atoms with E-state index in [-0.39, 0.29) is 17.6 Å². The van der Waals surface area contributed by atoms with Crippen LogP contribution in [-0.4, -0.2) is 17.8 Å². The molecule has 0 spiro atoms. The van der Waals surface area contributed by atoms with Gasteiger partial charge in [-0.1, -0.05) is 27.7 Å². The predicted molar refractivity (Wildman–Crippen MR) is 70.3 cm³/mol. The van der Waals surface area contributed by atoms with Crippen LogP contribution in [0.1, 0.15) is 55.2 Å². The van der Waals surface area contributed by atoms with Gasteiger partial charge in [-0.25, -0.2) is 0 Å². The molecule has 0 radical (unpaired) electrons. The number of hydrogen-bond donors (Lipinski definition) is 1. The van der Waals surface area contributed by atoms with Gasteiger partial charge in [0.25, 0.3) is 0 Å². The fraction of sp³-hybridized carbons (Fsp3) is 0.571. The summed E-state index contributed by atoms with van der Waals surface area (Å²) in [6.45, 7) is 8.71. The molecule has 1 N–H and O–H groups in total. The third-order valence-electron chi connectivity index (χ3n) is 2.75. The van der Waals surface area contributed by atoms with E-state index in [4.69, 9.17) is 0 Å². The van der Waals surface area contributed by atoms with Gasteiger partial charge in [-0.2, -0.15) is 0 Å². The molecule has 0 bridgehead atoms. The van der Waals surface area contributed by atoms with Crippen molar-refractivity contribution in [2.45, 2.75) is 40.2 Å². The van der Waals surface area contributed by atoms with E-state index < -0.39 is 0 Å². The Morgan fingerprint density at radius 2 is 2.00 bits per heavy atom. The van der Waals surface area contributed by atoms with Crippen molar-refractivity contribution in [2.24, 2.45) is 5.92 Å². The first-order valence-electron chi connectivity index (χ1n) is 6.15. The Hall–Kier alpha value is -1.22. The fourth-order valence-electron chi connectivity index (χ4n) is 1.87. The van der Waals surface area contributed by atoms with Gasteiger partial charge in [0.2, 0.25) is 0 Å². The van der Waals surface area contributed by atoms with Gasteiger partial charge in [-0.05, 0) is 24.6 Å². The monoisotopic (exact) mass is 234 g/mol. The van der Waals surface area contributed by atoms with E-state index in [1.54, 1.807) is 6.20 Å². The summed E-state index contributed by atoms with van der Waals surface area (Å²) < 4.78 is 0. The van der Waals surface area contributed by atoms with Crippen molar-refractivity contribution in [3.05, 3.63) is 29.1 Å². The highest BCUT2D eigenvalue weighted by Crippen LogP contribution is 2.23. The molecule has 3 heteroatoms. The van der Waals surface area contributed by atoms with Gasteiger partial charge in [0.15, 0.2) is 5.78 Å². The van der Waals surface area contributed by atoms with Crippen molar-refractivity contribution in [2.75, 3.05) is 7.05 Å². The average molecular weight is 234 g/mol. The Bertz CT molecular complexity index is 397. The number of nitrogens with one attached hydrogen (secondary N) is 1. The van der Waals surface area contributed by atoms with Crippen LogP contribution in [0, 0.1) is 5.92 Å². The molecular formula is C14H22N2O. The summed E-state index contributed by atoms with van der Waals surface area (Å²) in [7, 11) is 1.89. The largest absolute Gasteiger partial charge is 0.316 e. The van der Waals surface area contributed by atoms with Crippen molar-refractivity contribution in [1.29, 1.82) is 0 Å².